The van der Waals surface area contributed by atoms with E-state index < -0.39 is 28.4 Å². The summed E-state index contributed by atoms with van der Waals surface area (Å²) in [5.41, 5.74) is -0.318. The van der Waals surface area contributed by atoms with Crippen molar-refractivity contribution in [2.45, 2.75) is 13.5 Å². The highest BCUT2D eigenvalue weighted by Gasteiger charge is 2.17. The molecule has 2 rings (SSSR count). The van der Waals surface area contributed by atoms with Crippen LogP contribution in [0.1, 0.15) is 6.92 Å². The molecule has 0 aliphatic heterocycles. The van der Waals surface area contributed by atoms with Gasteiger partial charge in [-0.2, -0.15) is 5.10 Å². The van der Waals surface area contributed by atoms with E-state index in [4.69, 9.17) is 0 Å². The van der Waals surface area contributed by atoms with Gasteiger partial charge in [-0.3, -0.25) is 19.6 Å². The molecule has 2 aromatic rings. The van der Waals surface area contributed by atoms with Crippen molar-refractivity contribution >= 4 is 17.3 Å². The SMILES string of the molecule is C[C@H](Cn1cc([N+](=O)[O-])cn1)C(=O)Nc1ccc(F)cc1F. The molecule has 1 atom stereocenters. The number of halogens is 2. The normalized spacial score (nSPS) is 12.0. The maximum Gasteiger partial charge on any atom is 0.306 e. The number of nitro groups is 1. The summed E-state index contributed by atoms with van der Waals surface area (Å²) in [5, 5.41) is 16.6. The Morgan fingerprint density at radius 3 is 2.82 bits per heavy atom. The van der Waals surface area contributed by atoms with Gasteiger partial charge in [-0.05, 0) is 12.1 Å². The topological polar surface area (TPSA) is 90.1 Å². The zero-order chi connectivity index (χ0) is 16.3. The van der Waals surface area contributed by atoms with Crippen molar-refractivity contribution in [2.75, 3.05) is 5.32 Å². The lowest BCUT2D eigenvalue weighted by molar-refractivity contribution is -0.385. The fraction of sp³-hybridized carbons (Fsp3) is 0.231. The van der Waals surface area contributed by atoms with E-state index in [1.54, 1.807) is 6.92 Å². The summed E-state index contributed by atoms with van der Waals surface area (Å²) in [4.78, 5) is 21.9. The van der Waals surface area contributed by atoms with Crippen molar-refractivity contribution in [2.24, 2.45) is 5.92 Å². The first-order valence-corrected chi connectivity index (χ1v) is 6.29. The monoisotopic (exact) mass is 310 g/mol. The van der Waals surface area contributed by atoms with Gasteiger partial charge in [-0.1, -0.05) is 6.92 Å². The summed E-state index contributed by atoms with van der Waals surface area (Å²) < 4.78 is 27.5. The fourth-order valence-electron chi connectivity index (χ4n) is 1.76. The number of rotatable bonds is 5. The summed E-state index contributed by atoms with van der Waals surface area (Å²) in [5.74, 6) is -2.75. The number of nitrogens with zero attached hydrogens (tertiary/aromatic N) is 3. The minimum absolute atomic E-state index is 0.0858. The number of nitrogens with one attached hydrogen (secondary N) is 1. The molecule has 1 aromatic carbocycles. The molecule has 1 amide bonds. The quantitative estimate of drug-likeness (QED) is 0.678. The summed E-state index contributed by atoms with van der Waals surface area (Å²) in [6.45, 7) is 1.65. The Balaban J connectivity index is 2.00. The largest absolute Gasteiger partial charge is 0.323 e. The molecule has 0 saturated heterocycles. The van der Waals surface area contributed by atoms with Gasteiger partial charge in [0.15, 0.2) is 0 Å². The molecule has 116 valence electrons. The van der Waals surface area contributed by atoms with E-state index in [9.17, 15) is 23.7 Å². The lowest BCUT2D eigenvalue weighted by Gasteiger charge is -2.12. The lowest BCUT2D eigenvalue weighted by atomic mass is 10.1. The van der Waals surface area contributed by atoms with Gasteiger partial charge in [-0.15, -0.1) is 0 Å². The molecular formula is C13H12F2N4O3. The van der Waals surface area contributed by atoms with Crippen LogP contribution >= 0.6 is 0 Å². The maximum atomic E-state index is 13.4. The maximum absolute atomic E-state index is 13.4. The van der Waals surface area contributed by atoms with Crippen LogP contribution in [0.2, 0.25) is 0 Å². The zero-order valence-corrected chi connectivity index (χ0v) is 11.5. The van der Waals surface area contributed by atoms with E-state index >= 15 is 0 Å². The fourth-order valence-corrected chi connectivity index (χ4v) is 1.76. The first-order valence-electron chi connectivity index (χ1n) is 6.29. The average Bonchev–Trinajstić information content (AvgIpc) is 2.90. The first kappa shape index (κ1) is 15.5. The molecule has 9 heteroatoms. The minimum Gasteiger partial charge on any atom is -0.323 e. The van der Waals surface area contributed by atoms with Crippen LogP contribution in [0.4, 0.5) is 20.2 Å². The molecule has 0 radical (unpaired) electrons. The number of carbonyl (C=O) groups excluding carboxylic acids is 1. The van der Waals surface area contributed by atoms with E-state index in [0.717, 1.165) is 18.3 Å². The van der Waals surface area contributed by atoms with Gasteiger partial charge in [0.1, 0.15) is 24.0 Å². The molecule has 1 aromatic heterocycles. The Morgan fingerprint density at radius 1 is 1.50 bits per heavy atom. The Hall–Kier alpha value is -2.84. The third kappa shape index (κ3) is 3.62. The number of aromatic nitrogens is 2. The lowest BCUT2D eigenvalue weighted by Crippen LogP contribution is -2.25. The Kier molecular flexibility index (Phi) is 4.44. The molecule has 0 bridgehead atoms. The standard InChI is InChI=1S/C13H12F2N4O3/c1-8(6-18-7-10(5-16-18)19(21)22)13(20)17-12-3-2-9(14)4-11(12)15/h2-5,7-8H,6H2,1H3,(H,17,20)/t8-/m1/s1. The second-order valence-corrected chi connectivity index (χ2v) is 4.69. The van der Waals surface area contributed by atoms with Crippen LogP contribution in [-0.2, 0) is 11.3 Å². The number of anilines is 1. The van der Waals surface area contributed by atoms with Gasteiger partial charge in [-0.25, -0.2) is 8.78 Å². The van der Waals surface area contributed by atoms with Crippen LogP contribution in [0.25, 0.3) is 0 Å². The van der Waals surface area contributed by atoms with E-state index in [-0.39, 0.29) is 17.9 Å². The van der Waals surface area contributed by atoms with Crippen LogP contribution in [-0.4, -0.2) is 20.6 Å². The van der Waals surface area contributed by atoms with Crippen molar-refractivity contribution in [3.05, 3.63) is 52.3 Å². The Bertz CT molecular complexity index is 717. The number of hydrogen-bond donors (Lipinski definition) is 1. The van der Waals surface area contributed by atoms with Crippen molar-refractivity contribution < 1.29 is 18.5 Å². The van der Waals surface area contributed by atoms with E-state index in [0.29, 0.717) is 6.07 Å². The van der Waals surface area contributed by atoms with Crippen LogP contribution in [0, 0.1) is 27.7 Å². The second kappa shape index (κ2) is 6.29. The van der Waals surface area contributed by atoms with Crippen molar-refractivity contribution in [3.8, 4) is 0 Å². The van der Waals surface area contributed by atoms with Crippen LogP contribution in [0.5, 0.6) is 0 Å². The molecule has 1 heterocycles. The third-order valence-electron chi connectivity index (χ3n) is 2.93. The molecule has 0 fully saturated rings. The molecule has 7 nitrogen and oxygen atoms in total. The zero-order valence-electron chi connectivity index (χ0n) is 11.5. The molecule has 1 N–H and O–H groups in total. The molecule has 0 spiro atoms. The van der Waals surface area contributed by atoms with Gasteiger partial charge in [0.05, 0.1) is 23.1 Å². The number of carbonyl (C=O) groups is 1. The Morgan fingerprint density at radius 2 is 2.23 bits per heavy atom. The van der Waals surface area contributed by atoms with Crippen molar-refractivity contribution in [1.29, 1.82) is 0 Å². The molecule has 0 unspecified atom stereocenters. The van der Waals surface area contributed by atoms with Crippen LogP contribution in [0.3, 0.4) is 0 Å². The van der Waals surface area contributed by atoms with E-state index in [1.807, 2.05) is 0 Å². The summed E-state index contributed by atoms with van der Waals surface area (Å²) in [6.07, 6.45) is 2.27. The predicted octanol–water partition coefficient (Wildman–Crippen LogP) is 2.34. The summed E-state index contributed by atoms with van der Waals surface area (Å²) >= 11 is 0. The van der Waals surface area contributed by atoms with Crippen molar-refractivity contribution in [1.82, 2.24) is 9.78 Å². The molecule has 0 aliphatic carbocycles. The van der Waals surface area contributed by atoms with Crippen molar-refractivity contribution in [3.63, 3.8) is 0 Å². The molecule has 0 saturated carbocycles. The highest BCUT2D eigenvalue weighted by atomic mass is 19.1. The van der Waals surface area contributed by atoms with Gasteiger partial charge in [0, 0.05) is 6.07 Å². The second-order valence-electron chi connectivity index (χ2n) is 4.69. The van der Waals surface area contributed by atoms with E-state index in [1.165, 1.54) is 10.9 Å². The van der Waals surface area contributed by atoms with E-state index in [2.05, 4.69) is 10.4 Å². The highest BCUT2D eigenvalue weighted by molar-refractivity contribution is 5.92. The van der Waals surface area contributed by atoms with Crippen LogP contribution < -0.4 is 5.32 Å². The van der Waals surface area contributed by atoms with Gasteiger partial charge >= 0.3 is 5.69 Å². The smallest absolute Gasteiger partial charge is 0.306 e. The average molecular weight is 310 g/mol. The predicted molar refractivity (Wildman–Crippen MR) is 73.0 cm³/mol. The Labute approximate surface area is 123 Å². The number of amides is 1. The number of benzene rings is 1. The van der Waals surface area contributed by atoms with Gasteiger partial charge in [0.25, 0.3) is 0 Å². The molecule has 0 aliphatic rings. The third-order valence-corrected chi connectivity index (χ3v) is 2.93. The number of hydrogen-bond acceptors (Lipinski definition) is 4. The summed E-state index contributed by atoms with van der Waals surface area (Å²) in [7, 11) is 0. The van der Waals surface area contributed by atoms with Gasteiger partial charge in [0.2, 0.25) is 5.91 Å². The highest BCUT2D eigenvalue weighted by Crippen LogP contribution is 2.16. The van der Waals surface area contributed by atoms with Crippen LogP contribution in [0.15, 0.2) is 30.6 Å². The molecular weight excluding hydrogens is 298 g/mol. The minimum atomic E-state index is -0.879. The first-order chi connectivity index (χ1) is 10.4. The van der Waals surface area contributed by atoms with Gasteiger partial charge < -0.3 is 5.32 Å². The summed E-state index contributed by atoms with van der Waals surface area (Å²) in [6, 6.07) is 2.81. The molecule has 22 heavy (non-hydrogen) atoms.